The fraction of sp³-hybridized carbons (Fsp3) is 0.465. The summed E-state index contributed by atoms with van der Waals surface area (Å²) in [7, 11) is 4.62. The van der Waals surface area contributed by atoms with Gasteiger partial charge in [0.2, 0.25) is 17.8 Å². The molecule has 4 aliphatic rings. The van der Waals surface area contributed by atoms with E-state index in [-0.39, 0.29) is 53.7 Å². The van der Waals surface area contributed by atoms with Crippen LogP contribution in [0.4, 0.5) is 21.8 Å². The van der Waals surface area contributed by atoms with E-state index in [0.717, 1.165) is 70.1 Å². The Morgan fingerprint density at radius 3 is 2.46 bits per heavy atom. The maximum absolute atomic E-state index is 16.1. The highest BCUT2D eigenvalue weighted by Crippen LogP contribution is 2.53. The molecule has 1 saturated carbocycles. The summed E-state index contributed by atoms with van der Waals surface area (Å²) in [6, 6.07) is 9.25. The molecule has 4 aromatic rings. The molecule has 1 atom stereocenters. The summed E-state index contributed by atoms with van der Waals surface area (Å²) in [5.41, 5.74) is 1.40. The number of hydrogen-bond donors (Lipinski definition) is 4. The van der Waals surface area contributed by atoms with Crippen molar-refractivity contribution in [3.8, 4) is 11.5 Å². The molecule has 4 fully saturated rings. The van der Waals surface area contributed by atoms with Crippen molar-refractivity contribution in [2.24, 2.45) is 13.0 Å². The van der Waals surface area contributed by atoms with Crippen LogP contribution in [0, 0.1) is 11.7 Å². The first-order chi connectivity index (χ1) is 29.4. The van der Waals surface area contributed by atoms with Crippen molar-refractivity contribution in [3.63, 3.8) is 0 Å². The third-order valence-electron chi connectivity index (χ3n) is 12.8. The molecular weight excluding hydrogens is 809 g/mol. The van der Waals surface area contributed by atoms with Crippen LogP contribution in [0.5, 0.6) is 11.5 Å². The van der Waals surface area contributed by atoms with Crippen molar-refractivity contribution in [3.05, 3.63) is 74.9 Å². The Labute approximate surface area is 356 Å². The number of nitrogens with zero attached hydrogens (tertiary/aromatic N) is 5. The first kappa shape index (κ1) is 41.9. The third kappa shape index (κ3) is 8.58. The number of pyridine rings is 1. The lowest BCUT2D eigenvalue weighted by atomic mass is 9.82. The quantitative estimate of drug-likeness (QED) is 0.149. The van der Waals surface area contributed by atoms with Gasteiger partial charge in [0.05, 0.1) is 24.4 Å². The Morgan fingerprint density at radius 2 is 1.77 bits per heavy atom. The highest BCUT2D eigenvalue weighted by Gasteiger charge is 2.54. The van der Waals surface area contributed by atoms with Gasteiger partial charge in [-0.15, -0.1) is 0 Å². The smallest absolute Gasteiger partial charge is 0.293 e. The number of nitrogens with one attached hydrogen (secondary N) is 4. The predicted molar refractivity (Wildman–Crippen MR) is 226 cm³/mol. The molecule has 18 heteroatoms. The highest BCUT2D eigenvalue weighted by molar-refractivity contribution is 6.33. The molecule has 8 rings (SSSR count). The van der Waals surface area contributed by atoms with Crippen LogP contribution < -0.4 is 41.2 Å². The van der Waals surface area contributed by atoms with Gasteiger partial charge in [-0.05, 0) is 112 Å². The maximum Gasteiger partial charge on any atom is 0.293 e. The van der Waals surface area contributed by atoms with E-state index in [1.165, 1.54) is 24.8 Å². The molecule has 2 aromatic heterocycles. The van der Waals surface area contributed by atoms with Crippen LogP contribution in [0.25, 0.3) is 10.9 Å². The average molecular weight is 858 g/mol. The van der Waals surface area contributed by atoms with Crippen LogP contribution in [0.15, 0.2) is 47.4 Å². The highest BCUT2D eigenvalue weighted by atomic mass is 35.5. The summed E-state index contributed by atoms with van der Waals surface area (Å²) >= 11 is 6.59. The summed E-state index contributed by atoms with van der Waals surface area (Å²) < 4.78 is 28.6. The monoisotopic (exact) mass is 857 g/mol. The third-order valence-corrected chi connectivity index (χ3v) is 13.1. The summed E-state index contributed by atoms with van der Waals surface area (Å²) in [6.45, 7) is 2.91. The van der Waals surface area contributed by atoms with Gasteiger partial charge >= 0.3 is 0 Å². The topological polar surface area (TPSA) is 189 Å². The van der Waals surface area contributed by atoms with Crippen molar-refractivity contribution in [2.45, 2.75) is 68.9 Å². The molecule has 3 aliphatic heterocycles. The number of aryl methyl sites for hydroxylation is 1. The number of carbonyl (C=O) groups excluding carboxylic acids is 4. The Morgan fingerprint density at radius 1 is 1.02 bits per heavy atom. The van der Waals surface area contributed by atoms with Crippen molar-refractivity contribution in [2.75, 3.05) is 57.2 Å². The van der Waals surface area contributed by atoms with Crippen molar-refractivity contribution in [1.29, 1.82) is 0 Å². The Hall–Kier alpha value is -5.81. The summed E-state index contributed by atoms with van der Waals surface area (Å²) in [5.74, 6) is -0.821. The van der Waals surface area contributed by atoms with Gasteiger partial charge in [0.1, 0.15) is 22.6 Å². The summed E-state index contributed by atoms with van der Waals surface area (Å²) in [6.07, 6.45) is 7.49. The van der Waals surface area contributed by atoms with E-state index in [4.69, 9.17) is 26.1 Å². The molecule has 1 unspecified atom stereocenters. The lowest BCUT2D eigenvalue weighted by molar-refractivity contribution is -0.134. The van der Waals surface area contributed by atoms with Crippen LogP contribution >= 0.6 is 11.6 Å². The fourth-order valence-electron chi connectivity index (χ4n) is 9.21. The lowest BCUT2D eigenvalue weighted by Gasteiger charge is -2.45. The van der Waals surface area contributed by atoms with Crippen LogP contribution in [0.3, 0.4) is 0 Å². The van der Waals surface area contributed by atoms with E-state index in [9.17, 15) is 24.0 Å². The number of anilines is 3. The minimum absolute atomic E-state index is 0.0646. The number of aromatic nitrogens is 3. The van der Waals surface area contributed by atoms with E-state index in [2.05, 4.69) is 36.1 Å². The normalized spacial score (nSPS) is 19.6. The first-order valence-corrected chi connectivity index (χ1v) is 21.0. The van der Waals surface area contributed by atoms with E-state index >= 15 is 4.39 Å². The van der Waals surface area contributed by atoms with Gasteiger partial charge in [-0.2, -0.15) is 4.98 Å². The minimum Gasteiger partial charge on any atom is -0.497 e. The van der Waals surface area contributed by atoms with Gasteiger partial charge in [0.25, 0.3) is 17.4 Å². The number of ether oxygens (including phenoxy) is 2. The van der Waals surface area contributed by atoms with Gasteiger partial charge in [0, 0.05) is 50.2 Å². The van der Waals surface area contributed by atoms with Crippen LogP contribution in [-0.2, 0) is 21.4 Å². The van der Waals surface area contributed by atoms with Gasteiger partial charge in [-0.25, -0.2) is 9.37 Å². The second kappa shape index (κ2) is 17.3. The van der Waals surface area contributed by atoms with Crippen molar-refractivity contribution in [1.82, 2.24) is 35.4 Å². The summed E-state index contributed by atoms with van der Waals surface area (Å²) in [4.78, 5) is 75.8. The Bertz CT molecular complexity index is 2440. The molecule has 3 saturated heterocycles. The molecule has 0 radical (unpaired) electrons. The second-order valence-electron chi connectivity index (χ2n) is 16.3. The van der Waals surface area contributed by atoms with Gasteiger partial charge in [0.15, 0.2) is 18.2 Å². The van der Waals surface area contributed by atoms with Crippen molar-refractivity contribution < 1.29 is 33.0 Å². The van der Waals surface area contributed by atoms with Gasteiger partial charge in [-0.1, -0.05) is 11.6 Å². The molecule has 322 valence electrons. The summed E-state index contributed by atoms with van der Waals surface area (Å²) in [5, 5.41) is 11.7. The zero-order valence-electron chi connectivity index (χ0n) is 34.3. The molecule has 2 aromatic carbocycles. The minimum atomic E-state index is -0.917. The number of likely N-dealkylation sites (tertiary alicyclic amines) is 1. The standard InChI is InChI=1S/C43H49ClFN9O7/c1-46-36(56)23-61-34-19-25-18-27(4-6-33(25)52(2)41(34)59)48-38-31(44)22-47-42(51-38)53-14-10-26(11-15-53)43(12-13-43)54-16-8-24(9-17-54)29-20-28(60-3)21-30(37(29)45)39(57)49-32-5-7-35(55)50-40(32)58/h4,6,18-22,24,26,32H,5,7-17,23H2,1-3H3,(H,46,56)(H,49,57)(H,47,48,51)(H,50,55,58). The van der Waals surface area contributed by atoms with E-state index in [1.54, 1.807) is 25.4 Å². The molecular formula is C43H49ClFN9O7. The van der Waals surface area contributed by atoms with Gasteiger partial charge < -0.3 is 34.9 Å². The molecule has 4 amide bonds. The number of carbonyl (C=O) groups is 4. The van der Waals surface area contributed by atoms with Crippen LogP contribution in [0.1, 0.15) is 73.2 Å². The molecule has 1 aliphatic carbocycles. The molecule has 4 N–H and O–H groups in total. The number of amides is 4. The molecule has 16 nitrogen and oxygen atoms in total. The van der Waals surface area contributed by atoms with Crippen molar-refractivity contribution >= 4 is 63.6 Å². The van der Waals surface area contributed by atoms with E-state index < -0.39 is 29.6 Å². The van der Waals surface area contributed by atoms with Gasteiger partial charge in [-0.3, -0.25) is 34.2 Å². The largest absolute Gasteiger partial charge is 0.497 e. The fourth-order valence-corrected chi connectivity index (χ4v) is 9.35. The zero-order valence-corrected chi connectivity index (χ0v) is 35.1. The molecule has 5 heterocycles. The average Bonchev–Trinajstić information content (AvgIpc) is 4.08. The van der Waals surface area contributed by atoms with E-state index in [0.29, 0.717) is 45.2 Å². The maximum atomic E-state index is 16.1. The molecule has 0 bridgehead atoms. The number of likely N-dealkylation sites (N-methyl/N-ethyl adjacent to an activating group) is 1. The number of rotatable bonds is 12. The number of hydrogen-bond acceptors (Lipinski definition) is 12. The number of methoxy groups -OCH3 is 1. The molecule has 0 spiro atoms. The van der Waals surface area contributed by atoms with Crippen LogP contribution in [0.2, 0.25) is 5.02 Å². The van der Waals surface area contributed by atoms with E-state index in [1.807, 2.05) is 18.2 Å². The number of halogens is 2. The number of fused-ring (bicyclic) bond motifs is 1. The first-order valence-electron chi connectivity index (χ1n) is 20.7. The van der Waals surface area contributed by atoms with Crippen LogP contribution in [-0.4, -0.2) is 102 Å². The SMILES string of the molecule is CNC(=O)COc1cc2cc(Nc3nc(N4CCC(C5(N6CCC(c7cc(OC)cc(C(=O)NC8CCC(=O)NC8=O)c7F)CC6)CC5)CC4)ncc3Cl)ccc2n(C)c1=O. The lowest BCUT2D eigenvalue weighted by Crippen LogP contribution is -2.52. The zero-order chi connectivity index (χ0) is 43.0. The number of piperidine rings is 3. The predicted octanol–water partition coefficient (Wildman–Crippen LogP) is 4.16. The molecule has 61 heavy (non-hydrogen) atoms. The Balaban J connectivity index is 0.888. The number of imide groups is 1. The Kier molecular flexibility index (Phi) is 11.9. The second-order valence-corrected chi connectivity index (χ2v) is 16.7. The number of benzene rings is 2.